The molecule has 0 heterocycles. The highest BCUT2D eigenvalue weighted by Crippen LogP contribution is 2.10. The van der Waals surface area contributed by atoms with Crippen molar-refractivity contribution in [2.24, 2.45) is 11.5 Å². The number of nitrogens with two attached hydrogens (primary N) is 2. The first-order valence-electron chi connectivity index (χ1n) is 8.40. The van der Waals surface area contributed by atoms with Gasteiger partial charge in [-0.25, -0.2) is 4.79 Å². The first-order chi connectivity index (χ1) is 11.4. The summed E-state index contributed by atoms with van der Waals surface area (Å²) in [6, 6.07) is -1.36. The van der Waals surface area contributed by atoms with Gasteiger partial charge in [-0.05, 0) is 51.6 Å². The van der Waals surface area contributed by atoms with E-state index in [0.29, 0.717) is 32.4 Å². The number of hydrogen-bond acceptors (Lipinski definition) is 6. The molecule has 0 rings (SSSR count). The molecule has 0 aromatic carbocycles. The van der Waals surface area contributed by atoms with Gasteiger partial charge in [0.05, 0.1) is 7.11 Å². The largest absolute Gasteiger partial charge is 0.467 e. The van der Waals surface area contributed by atoms with Crippen LogP contribution in [0.1, 0.15) is 45.4 Å². The van der Waals surface area contributed by atoms with E-state index in [1.165, 1.54) is 18.9 Å². The van der Waals surface area contributed by atoms with Crippen LogP contribution < -0.4 is 16.8 Å². The molecular formula is C16H32N4O4. The Morgan fingerprint density at radius 1 is 1.04 bits per heavy atom. The van der Waals surface area contributed by atoms with Crippen molar-refractivity contribution in [1.82, 2.24) is 10.2 Å². The predicted molar refractivity (Wildman–Crippen MR) is 92.0 cm³/mol. The lowest BCUT2D eigenvalue weighted by atomic mass is 10.0. The normalized spacial score (nSPS) is 13.0. The second kappa shape index (κ2) is 12.7. The van der Waals surface area contributed by atoms with Crippen LogP contribution in [0.3, 0.4) is 0 Å². The van der Waals surface area contributed by atoms with Crippen LogP contribution >= 0.6 is 0 Å². The summed E-state index contributed by atoms with van der Waals surface area (Å²) < 4.78 is 4.75. The van der Waals surface area contributed by atoms with Crippen molar-refractivity contribution in [3.63, 3.8) is 0 Å². The average molecular weight is 344 g/mol. The minimum atomic E-state index is -0.730. The third-order valence-corrected chi connectivity index (χ3v) is 3.95. The monoisotopic (exact) mass is 344 g/mol. The number of nitrogens with one attached hydrogen (secondary N) is 1. The summed E-state index contributed by atoms with van der Waals surface area (Å²) in [5.41, 5.74) is 10.9. The fourth-order valence-electron chi connectivity index (χ4n) is 2.35. The van der Waals surface area contributed by atoms with Gasteiger partial charge in [0.1, 0.15) is 12.1 Å². The Balaban J connectivity index is 4.92. The van der Waals surface area contributed by atoms with Crippen LogP contribution in [-0.2, 0) is 19.1 Å². The van der Waals surface area contributed by atoms with Crippen molar-refractivity contribution in [2.45, 2.75) is 57.5 Å². The molecule has 0 bridgehead atoms. The number of carbonyl (C=O) groups is 3. The van der Waals surface area contributed by atoms with Crippen LogP contribution in [0.25, 0.3) is 0 Å². The lowest BCUT2D eigenvalue weighted by Crippen LogP contribution is -2.52. The summed E-state index contributed by atoms with van der Waals surface area (Å²) in [6.45, 7) is 2.46. The lowest BCUT2D eigenvalue weighted by Gasteiger charge is -2.28. The highest BCUT2D eigenvalue weighted by Gasteiger charge is 2.29. The van der Waals surface area contributed by atoms with E-state index in [9.17, 15) is 14.4 Å². The number of ether oxygens (including phenoxy) is 1. The number of esters is 1. The van der Waals surface area contributed by atoms with Gasteiger partial charge in [0.15, 0.2) is 0 Å². The highest BCUT2D eigenvalue weighted by atomic mass is 16.5. The van der Waals surface area contributed by atoms with Gasteiger partial charge in [-0.3, -0.25) is 9.59 Å². The van der Waals surface area contributed by atoms with E-state index in [1.807, 2.05) is 0 Å². The van der Waals surface area contributed by atoms with E-state index in [0.717, 1.165) is 19.3 Å². The van der Waals surface area contributed by atoms with E-state index in [2.05, 4.69) is 5.32 Å². The van der Waals surface area contributed by atoms with Crippen LogP contribution in [0.5, 0.6) is 0 Å². The summed E-state index contributed by atoms with van der Waals surface area (Å²) in [7, 11) is 2.86. The SMILES string of the molecule is COC(=O)C(CCCCN)NC(=O)C(CCCCN)N(C)C(C)=O. The van der Waals surface area contributed by atoms with E-state index in [1.54, 1.807) is 7.05 Å². The molecule has 0 aliphatic rings. The maximum Gasteiger partial charge on any atom is 0.328 e. The molecule has 8 heteroatoms. The first kappa shape index (κ1) is 22.3. The fourth-order valence-corrected chi connectivity index (χ4v) is 2.35. The zero-order valence-corrected chi connectivity index (χ0v) is 15.0. The van der Waals surface area contributed by atoms with Crippen LogP contribution in [-0.4, -0.2) is 62.0 Å². The van der Waals surface area contributed by atoms with Gasteiger partial charge >= 0.3 is 5.97 Å². The van der Waals surface area contributed by atoms with Crippen molar-refractivity contribution in [3.05, 3.63) is 0 Å². The Bertz CT molecular complexity index is 404. The van der Waals surface area contributed by atoms with Crippen molar-refractivity contribution < 1.29 is 19.1 Å². The molecule has 0 spiro atoms. The number of carbonyl (C=O) groups excluding carboxylic acids is 3. The molecule has 140 valence electrons. The second-order valence-corrected chi connectivity index (χ2v) is 5.80. The Labute approximate surface area is 144 Å². The summed E-state index contributed by atoms with van der Waals surface area (Å²) in [4.78, 5) is 37.5. The van der Waals surface area contributed by atoms with E-state index in [-0.39, 0.29) is 11.8 Å². The Morgan fingerprint density at radius 2 is 1.58 bits per heavy atom. The van der Waals surface area contributed by atoms with Gasteiger partial charge in [-0.1, -0.05) is 0 Å². The van der Waals surface area contributed by atoms with E-state index >= 15 is 0 Å². The molecule has 0 aromatic rings. The Kier molecular flexibility index (Phi) is 11.8. The third-order valence-electron chi connectivity index (χ3n) is 3.95. The van der Waals surface area contributed by atoms with Crippen molar-refractivity contribution >= 4 is 17.8 Å². The third kappa shape index (κ3) is 8.26. The van der Waals surface area contributed by atoms with E-state index in [4.69, 9.17) is 16.2 Å². The Hall–Kier alpha value is -1.67. The quantitative estimate of drug-likeness (QED) is 0.331. The molecule has 2 amide bonds. The van der Waals surface area contributed by atoms with Crippen LogP contribution in [0.2, 0.25) is 0 Å². The summed E-state index contributed by atoms with van der Waals surface area (Å²) in [5.74, 6) is -1.06. The molecular weight excluding hydrogens is 312 g/mol. The topological polar surface area (TPSA) is 128 Å². The summed E-state index contributed by atoms with van der Waals surface area (Å²) in [5, 5.41) is 2.71. The zero-order valence-electron chi connectivity index (χ0n) is 15.0. The molecule has 0 fully saturated rings. The minimum Gasteiger partial charge on any atom is -0.467 e. The van der Waals surface area contributed by atoms with Gasteiger partial charge in [0.2, 0.25) is 11.8 Å². The maximum absolute atomic E-state index is 12.6. The average Bonchev–Trinajstić information content (AvgIpc) is 2.56. The number of methoxy groups -OCH3 is 1. The molecule has 0 aromatic heterocycles. The Morgan fingerprint density at radius 3 is 2.04 bits per heavy atom. The van der Waals surface area contributed by atoms with Gasteiger partial charge in [0.25, 0.3) is 0 Å². The van der Waals surface area contributed by atoms with Crippen molar-refractivity contribution in [3.8, 4) is 0 Å². The smallest absolute Gasteiger partial charge is 0.328 e. The summed E-state index contributed by atoms with van der Waals surface area (Å²) in [6.07, 6.45) is 3.91. The van der Waals surface area contributed by atoms with Crippen molar-refractivity contribution in [1.29, 1.82) is 0 Å². The number of likely N-dealkylation sites (N-methyl/N-ethyl adjacent to an activating group) is 1. The number of amides is 2. The van der Waals surface area contributed by atoms with Crippen LogP contribution in [0.15, 0.2) is 0 Å². The zero-order chi connectivity index (χ0) is 18.5. The molecule has 24 heavy (non-hydrogen) atoms. The molecule has 0 aliphatic carbocycles. The maximum atomic E-state index is 12.6. The molecule has 0 saturated heterocycles. The van der Waals surface area contributed by atoms with Gasteiger partial charge < -0.3 is 26.4 Å². The number of hydrogen-bond donors (Lipinski definition) is 3. The van der Waals surface area contributed by atoms with Crippen LogP contribution in [0, 0.1) is 0 Å². The van der Waals surface area contributed by atoms with E-state index < -0.39 is 18.1 Å². The minimum absolute atomic E-state index is 0.208. The second-order valence-electron chi connectivity index (χ2n) is 5.80. The highest BCUT2D eigenvalue weighted by molar-refractivity contribution is 5.90. The molecule has 0 radical (unpaired) electrons. The van der Waals surface area contributed by atoms with Gasteiger partial charge in [-0.15, -0.1) is 0 Å². The first-order valence-corrected chi connectivity index (χ1v) is 8.40. The molecule has 5 N–H and O–H groups in total. The van der Waals surface area contributed by atoms with Gasteiger partial charge in [-0.2, -0.15) is 0 Å². The fraction of sp³-hybridized carbons (Fsp3) is 0.812. The predicted octanol–water partition coefficient (Wildman–Crippen LogP) is -0.251. The molecule has 0 saturated carbocycles. The van der Waals surface area contributed by atoms with Crippen LogP contribution in [0.4, 0.5) is 0 Å². The number of rotatable bonds is 12. The van der Waals surface area contributed by atoms with Gasteiger partial charge in [0, 0.05) is 14.0 Å². The summed E-state index contributed by atoms with van der Waals surface area (Å²) >= 11 is 0. The number of unbranched alkanes of at least 4 members (excludes halogenated alkanes) is 2. The molecule has 2 unspecified atom stereocenters. The standard InChI is InChI=1S/C16H32N4O4/c1-12(21)20(2)14(9-5-7-11-18)15(22)19-13(16(23)24-3)8-4-6-10-17/h13-14H,4-11,17-18H2,1-3H3,(H,19,22). The molecule has 8 nitrogen and oxygen atoms in total. The van der Waals surface area contributed by atoms with Crippen molar-refractivity contribution in [2.75, 3.05) is 27.2 Å². The molecule has 2 atom stereocenters. The molecule has 0 aliphatic heterocycles. The lowest BCUT2D eigenvalue weighted by molar-refractivity contribution is -0.146. The number of nitrogens with zero attached hydrogens (tertiary/aromatic N) is 1.